The first-order chi connectivity index (χ1) is 32.7. The molecule has 2 aliphatic rings. The second-order valence-corrected chi connectivity index (χ2v) is 17.2. The van der Waals surface area contributed by atoms with Crippen LogP contribution < -0.4 is 11.1 Å². The van der Waals surface area contributed by atoms with Gasteiger partial charge in [-0.1, -0.05) is 7.43 Å². The van der Waals surface area contributed by atoms with Crippen molar-refractivity contribution in [3.63, 3.8) is 0 Å². The van der Waals surface area contributed by atoms with Gasteiger partial charge in [0.05, 0.1) is 47.8 Å². The number of hydrogen-bond donors (Lipinski definition) is 3. The number of imidazole rings is 2. The summed E-state index contributed by atoms with van der Waals surface area (Å²) in [6.07, 6.45) is 5.76. The zero-order valence-electron chi connectivity index (χ0n) is 35.5. The number of alkyl halides is 6. The molecule has 4 N–H and O–H groups in total. The number of nitrogens with one attached hydrogen (secondary N) is 1. The van der Waals surface area contributed by atoms with Crippen molar-refractivity contribution < 1.29 is 49.8 Å². The van der Waals surface area contributed by atoms with E-state index in [1.54, 1.807) is 12.4 Å². The summed E-state index contributed by atoms with van der Waals surface area (Å²) in [5, 5.41) is 29.2. The predicted molar refractivity (Wildman–Crippen MR) is 236 cm³/mol. The molecule has 368 valence electrons. The molecule has 8 aromatic heterocycles. The van der Waals surface area contributed by atoms with Gasteiger partial charge in [-0.05, 0) is 51.7 Å². The third kappa shape index (κ3) is 11.5. The predicted octanol–water partition coefficient (Wildman–Crippen LogP) is 9.10. The number of carboxylic acid groups (broad SMARTS) is 1. The van der Waals surface area contributed by atoms with Gasteiger partial charge in [0, 0.05) is 35.0 Å². The second-order valence-electron chi connectivity index (χ2n) is 15.4. The lowest BCUT2D eigenvalue weighted by Crippen LogP contribution is -2.23. The molecule has 29 heteroatoms. The maximum atomic E-state index is 14.4. The monoisotopic (exact) mass is 1020 g/mol. The summed E-state index contributed by atoms with van der Waals surface area (Å²) < 4.78 is 110. The van der Waals surface area contributed by atoms with Crippen molar-refractivity contribution in [2.24, 2.45) is 0 Å². The van der Waals surface area contributed by atoms with E-state index in [4.69, 9.17) is 10.8 Å². The molecule has 0 radical (unpaired) electrons. The number of hydrogen-bond acceptors (Lipinski definition) is 15. The molecule has 0 aromatic carbocycles. The van der Waals surface area contributed by atoms with Crippen molar-refractivity contribution in [3.8, 4) is 33.0 Å². The fourth-order valence-corrected chi connectivity index (χ4v) is 7.72. The largest absolute Gasteiger partial charge is 0.477 e. The summed E-state index contributed by atoms with van der Waals surface area (Å²) in [4.78, 5) is 47.4. The molecular weight excluding hydrogens is 981 g/mol. The summed E-state index contributed by atoms with van der Waals surface area (Å²) in [6.45, 7) is 2.01. The van der Waals surface area contributed by atoms with E-state index in [1.807, 2.05) is 0 Å². The van der Waals surface area contributed by atoms with Crippen LogP contribution in [-0.2, 0) is 0 Å². The molecule has 2 saturated carbocycles. The first-order valence-electron chi connectivity index (χ1n) is 20.3. The topological polar surface area (TPSA) is 241 Å². The third-order valence-electron chi connectivity index (χ3n) is 10.5. The van der Waals surface area contributed by atoms with Crippen LogP contribution in [-0.4, -0.2) is 97.9 Å². The third-order valence-corrected chi connectivity index (χ3v) is 12.1. The molecule has 0 aliphatic heterocycles. The van der Waals surface area contributed by atoms with E-state index in [-0.39, 0.29) is 58.5 Å². The Hall–Kier alpha value is -7.56. The minimum atomic E-state index is -4.49. The van der Waals surface area contributed by atoms with Crippen LogP contribution in [0, 0.1) is 11.6 Å². The summed E-state index contributed by atoms with van der Waals surface area (Å²) in [6, 6.07) is -1.07. The smallest absolute Gasteiger partial charge is 0.408 e. The van der Waals surface area contributed by atoms with Crippen molar-refractivity contribution in [3.05, 3.63) is 107 Å². The Kier molecular flexibility index (Phi) is 14.5. The summed E-state index contributed by atoms with van der Waals surface area (Å²) in [5.74, 6) is -1.85. The molecule has 8 aromatic rings. The molecular formula is C41H38F8N16O3S2. The number of nitrogens with zero attached hydrogens (tertiary/aromatic N) is 14. The average molecular weight is 1020 g/mol. The van der Waals surface area contributed by atoms with E-state index in [0.29, 0.717) is 16.8 Å². The number of nitrogen functional groups attached to an aromatic ring is 1. The van der Waals surface area contributed by atoms with Gasteiger partial charge in [-0.2, -0.15) is 26.3 Å². The number of thiazole rings is 2. The van der Waals surface area contributed by atoms with Crippen molar-refractivity contribution in [1.29, 1.82) is 0 Å². The normalized spacial score (nSPS) is 14.4. The summed E-state index contributed by atoms with van der Waals surface area (Å²) in [5.41, 5.74) is 7.22. The van der Waals surface area contributed by atoms with E-state index >= 15 is 0 Å². The highest BCUT2D eigenvalue weighted by molar-refractivity contribution is 7.13. The first-order valence-corrected chi connectivity index (χ1v) is 22.0. The number of aromatic carboxylic acids is 1. The molecule has 2 fully saturated rings. The van der Waals surface area contributed by atoms with Gasteiger partial charge in [0.25, 0.3) is 5.91 Å². The minimum absolute atomic E-state index is 0. The molecule has 0 bridgehead atoms. The van der Waals surface area contributed by atoms with Gasteiger partial charge < -0.3 is 25.3 Å². The molecule has 8 heterocycles. The second kappa shape index (κ2) is 20.2. The number of carbonyl (C=O) groups is 2. The standard InChI is InChI=1S/C20H16F4N8OS.C12H10FN3O2.C8H8F3N5S.CH4/c1-10(20(22,23)24)32-9-27-30-17(32)19-29-16(7-34-19)28-18(33)13-4-15(12(21)5-25-13)31-6-14(26-8-31)11-2-3-11;13-8-4-14-9(12(17)18)3-11(8)16-5-10(15-6-16)7-1-2-7;1-4(8(9,10)11)16-3-13-15-6(16)7-14-5(12)2-17-7;/h4-11H,2-3H2,1H3,(H,28,33);3-7H,1-2H2,(H,17,18);2-4H,12H2,1H3;1H4/t10-;;4-;/m0.0./s1. The lowest BCUT2D eigenvalue weighted by molar-refractivity contribution is -0.163. The Morgan fingerprint density at radius 3 is 1.61 bits per heavy atom. The van der Waals surface area contributed by atoms with E-state index in [1.165, 1.54) is 44.7 Å². The minimum Gasteiger partial charge on any atom is -0.477 e. The fourth-order valence-electron chi connectivity index (χ4n) is 6.29. The number of anilines is 2. The van der Waals surface area contributed by atoms with Gasteiger partial charge in [-0.25, -0.2) is 43.5 Å². The van der Waals surface area contributed by atoms with E-state index in [9.17, 15) is 44.7 Å². The average Bonchev–Trinajstić information content (AvgIpc) is 3.79. The summed E-state index contributed by atoms with van der Waals surface area (Å²) in [7, 11) is 0. The highest BCUT2D eigenvalue weighted by Gasteiger charge is 2.40. The Morgan fingerprint density at radius 1 is 0.714 bits per heavy atom. The molecule has 2 aliphatic carbocycles. The van der Waals surface area contributed by atoms with Gasteiger partial charge >= 0.3 is 18.3 Å². The van der Waals surface area contributed by atoms with Gasteiger partial charge in [0.1, 0.15) is 47.8 Å². The highest BCUT2D eigenvalue weighted by atomic mass is 32.1. The van der Waals surface area contributed by atoms with Crippen LogP contribution in [0.2, 0.25) is 0 Å². The van der Waals surface area contributed by atoms with E-state index in [2.05, 4.69) is 55.6 Å². The molecule has 1 amide bonds. The maximum absolute atomic E-state index is 14.4. The molecule has 0 spiro atoms. The molecule has 0 saturated heterocycles. The number of carboxylic acids is 1. The van der Waals surface area contributed by atoms with Crippen molar-refractivity contribution in [2.75, 3.05) is 11.1 Å². The quantitative estimate of drug-likeness (QED) is 0.102. The molecule has 2 atom stereocenters. The Balaban J connectivity index is 0.000000169. The van der Waals surface area contributed by atoms with Crippen LogP contribution in [0.4, 0.5) is 46.8 Å². The van der Waals surface area contributed by atoms with Gasteiger partial charge in [-0.15, -0.1) is 43.1 Å². The van der Waals surface area contributed by atoms with Gasteiger partial charge in [-0.3, -0.25) is 13.9 Å². The molecule has 70 heavy (non-hydrogen) atoms. The zero-order chi connectivity index (χ0) is 49.4. The van der Waals surface area contributed by atoms with E-state index in [0.717, 1.165) is 108 Å². The Bertz CT molecular complexity index is 3110. The van der Waals surface area contributed by atoms with Gasteiger partial charge in [0.15, 0.2) is 33.3 Å². The molecule has 0 unspecified atom stereocenters. The lowest BCUT2D eigenvalue weighted by atomic mass is 10.3. The number of rotatable bonds is 11. The van der Waals surface area contributed by atoms with E-state index < -0.39 is 47.9 Å². The number of halogens is 8. The maximum Gasteiger partial charge on any atom is 0.408 e. The fraction of sp³-hybridized carbons (Fsp3) is 0.317. The number of pyridine rings is 2. The van der Waals surface area contributed by atoms with Crippen molar-refractivity contribution >= 4 is 46.2 Å². The first kappa shape index (κ1) is 50.3. The van der Waals surface area contributed by atoms with Crippen molar-refractivity contribution in [2.45, 2.75) is 83.2 Å². The van der Waals surface area contributed by atoms with Crippen molar-refractivity contribution in [1.82, 2.24) is 68.6 Å². The Morgan fingerprint density at radius 2 is 1.17 bits per heavy atom. The molecule has 10 rings (SSSR count). The SMILES string of the molecule is C.C[C@H](n1cnnc1-c1nc(N)cs1)C(F)(F)F.C[C@H](n1cnnc1-c1nc(NC(=O)c2cc(-n3cnc(C4CC4)c3)c(F)cn2)cs1)C(F)(F)F.O=C(O)c1cc(-n2cnc(C3CC3)c2)c(F)cn1. The van der Waals surface area contributed by atoms with Crippen LogP contribution in [0.1, 0.15) is 103 Å². The lowest BCUT2D eigenvalue weighted by Gasteiger charge is -2.17. The zero-order valence-corrected chi connectivity index (χ0v) is 37.1. The highest BCUT2D eigenvalue weighted by Crippen LogP contribution is 2.40. The Labute approximate surface area is 398 Å². The van der Waals surface area contributed by atoms with Crippen LogP contribution in [0.15, 0.2) is 73.0 Å². The van der Waals surface area contributed by atoms with Crippen LogP contribution in [0.5, 0.6) is 0 Å². The van der Waals surface area contributed by atoms with Gasteiger partial charge in [0.2, 0.25) is 0 Å². The summed E-state index contributed by atoms with van der Waals surface area (Å²) >= 11 is 2.11. The number of amides is 1. The van der Waals surface area contributed by atoms with Crippen LogP contribution >= 0.6 is 22.7 Å². The number of aromatic nitrogens is 14. The molecule has 19 nitrogen and oxygen atoms in total. The number of nitrogens with two attached hydrogens (primary N) is 1. The van der Waals surface area contributed by atoms with Crippen LogP contribution in [0.3, 0.4) is 0 Å². The van der Waals surface area contributed by atoms with Crippen LogP contribution in [0.25, 0.3) is 33.0 Å². The number of carbonyl (C=O) groups excluding carboxylic acids is 1.